The first-order valence-corrected chi connectivity index (χ1v) is 7.91. The van der Waals surface area contributed by atoms with Crippen molar-refractivity contribution in [2.75, 3.05) is 46.4 Å². The first-order valence-electron chi connectivity index (χ1n) is 7.91. The van der Waals surface area contributed by atoms with Gasteiger partial charge in [0.2, 0.25) is 0 Å². The maximum absolute atomic E-state index is 12.4. The first kappa shape index (κ1) is 16.8. The fourth-order valence-electron chi connectivity index (χ4n) is 2.68. The summed E-state index contributed by atoms with van der Waals surface area (Å²) in [4.78, 5) is 20.6. The van der Waals surface area contributed by atoms with E-state index in [1.165, 1.54) is 0 Å². The predicted molar refractivity (Wildman–Crippen MR) is 84.7 cm³/mol. The van der Waals surface area contributed by atoms with E-state index in [1.807, 2.05) is 22.6 Å². The molecule has 124 valence electrons. The molecule has 22 heavy (non-hydrogen) atoms. The highest BCUT2D eigenvalue weighted by atomic mass is 16.5. The van der Waals surface area contributed by atoms with Crippen molar-refractivity contribution < 1.29 is 9.53 Å². The molecular weight excluding hydrogens is 282 g/mol. The quantitative estimate of drug-likeness (QED) is 0.837. The van der Waals surface area contributed by atoms with Gasteiger partial charge in [0.15, 0.2) is 0 Å². The Hall–Kier alpha value is -1.60. The topological polar surface area (TPSA) is 62.6 Å². The third-order valence-corrected chi connectivity index (χ3v) is 3.90. The number of carbonyl (C=O) groups is 1. The Morgan fingerprint density at radius 2 is 2.23 bits per heavy atom. The summed E-state index contributed by atoms with van der Waals surface area (Å²) in [6.45, 7) is 7.95. The van der Waals surface area contributed by atoms with E-state index in [0.29, 0.717) is 0 Å². The molecule has 0 spiro atoms. The van der Waals surface area contributed by atoms with Gasteiger partial charge >= 0.3 is 6.03 Å². The second-order valence-electron chi connectivity index (χ2n) is 5.79. The first-order chi connectivity index (χ1) is 10.7. The lowest BCUT2D eigenvalue weighted by molar-refractivity contribution is 0.149. The number of aromatic nitrogens is 2. The molecule has 0 aliphatic carbocycles. The minimum absolute atomic E-state index is 0.0289. The number of carbonyl (C=O) groups excluding carboxylic acids is 1. The molecule has 0 saturated carbocycles. The van der Waals surface area contributed by atoms with Crippen molar-refractivity contribution in [1.82, 2.24) is 24.7 Å². The molecule has 2 heterocycles. The monoisotopic (exact) mass is 309 g/mol. The zero-order valence-electron chi connectivity index (χ0n) is 13.6. The summed E-state index contributed by atoms with van der Waals surface area (Å²) in [7, 11) is 1.72. The molecule has 1 saturated heterocycles. The van der Waals surface area contributed by atoms with Gasteiger partial charge in [0.1, 0.15) is 0 Å². The smallest absolute Gasteiger partial charge is 0.317 e. The van der Waals surface area contributed by atoms with Crippen molar-refractivity contribution in [1.29, 1.82) is 0 Å². The van der Waals surface area contributed by atoms with E-state index in [1.54, 1.807) is 19.6 Å². The van der Waals surface area contributed by atoms with Gasteiger partial charge in [-0.2, -0.15) is 0 Å². The van der Waals surface area contributed by atoms with Crippen LogP contribution in [0.25, 0.3) is 0 Å². The van der Waals surface area contributed by atoms with Crippen LogP contribution in [0.15, 0.2) is 18.7 Å². The highest BCUT2D eigenvalue weighted by Crippen LogP contribution is 2.04. The van der Waals surface area contributed by atoms with Crippen LogP contribution in [-0.4, -0.2) is 77.9 Å². The normalized spacial score (nSPS) is 18.0. The minimum atomic E-state index is 0.0289. The average Bonchev–Trinajstić information content (AvgIpc) is 2.87. The molecule has 1 atom stereocenters. The molecule has 0 unspecified atom stereocenters. The minimum Gasteiger partial charge on any atom is -0.383 e. The molecule has 1 N–H and O–H groups in total. The SMILES string of the molecule is COCCN1CCCN(C(=O)N[C@@H](C)Cn2ccnc2)CC1. The van der Waals surface area contributed by atoms with Gasteiger partial charge in [-0.3, -0.25) is 4.90 Å². The Kier molecular flexibility index (Phi) is 6.67. The summed E-state index contributed by atoms with van der Waals surface area (Å²) in [6.07, 6.45) is 6.43. The Morgan fingerprint density at radius 3 is 2.95 bits per heavy atom. The number of nitrogens with one attached hydrogen (secondary N) is 1. The maximum atomic E-state index is 12.4. The van der Waals surface area contributed by atoms with Crippen LogP contribution in [0.2, 0.25) is 0 Å². The van der Waals surface area contributed by atoms with Crippen LogP contribution in [0.4, 0.5) is 4.79 Å². The molecule has 7 heteroatoms. The van der Waals surface area contributed by atoms with Crippen LogP contribution in [0.5, 0.6) is 0 Å². The molecule has 0 aromatic carbocycles. The highest BCUT2D eigenvalue weighted by Gasteiger charge is 2.20. The van der Waals surface area contributed by atoms with Crippen molar-refractivity contribution in [3.63, 3.8) is 0 Å². The van der Waals surface area contributed by atoms with Gasteiger partial charge in [-0.25, -0.2) is 9.78 Å². The second kappa shape index (κ2) is 8.75. The number of hydrogen-bond acceptors (Lipinski definition) is 4. The molecule has 1 aromatic heterocycles. The van der Waals surface area contributed by atoms with Gasteiger partial charge in [-0.15, -0.1) is 0 Å². The van der Waals surface area contributed by atoms with Crippen LogP contribution in [0.3, 0.4) is 0 Å². The average molecular weight is 309 g/mol. The Labute approximate surface area is 132 Å². The summed E-state index contributed by atoms with van der Waals surface area (Å²) in [5.41, 5.74) is 0. The van der Waals surface area contributed by atoms with Gasteiger partial charge in [-0.05, 0) is 19.9 Å². The van der Waals surface area contributed by atoms with Crippen molar-refractivity contribution in [3.05, 3.63) is 18.7 Å². The fraction of sp³-hybridized carbons (Fsp3) is 0.733. The van der Waals surface area contributed by atoms with E-state index >= 15 is 0 Å². The number of methoxy groups -OCH3 is 1. The summed E-state index contributed by atoms with van der Waals surface area (Å²) >= 11 is 0. The van der Waals surface area contributed by atoms with Gasteiger partial charge < -0.3 is 19.5 Å². The summed E-state index contributed by atoms with van der Waals surface area (Å²) in [5, 5.41) is 3.07. The molecule has 2 rings (SSSR count). The number of amides is 2. The number of imidazole rings is 1. The van der Waals surface area contributed by atoms with Crippen LogP contribution in [-0.2, 0) is 11.3 Å². The second-order valence-corrected chi connectivity index (χ2v) is 5.79. The van der Waals surface area contributed by atoms with Crippen LogP contribution in [0, 0.1) is 0 Å². The molecule has 0 radical (unpaired) electrons. The lowest BCUT2D eigenvalue weighted by atomic mass is 10.3. The summed E-state index contributed by atoms with van der Waals surface area (Å²) in [5.74, 6) is 0. The van der Waals surface area contributed by atoms with Crippen molar-refractivity contribution >= 4 is 6.03 Å². The number of nitrogens with zero attached hydrogens (tertiary/aromatic N) is 4. The fourth-order valence-corrected chi connectivity index (χ4v) is 2.68. The van der Waals surface area contributed by atoms with Crippen molar-refractivity contribution in [3.8, 4) is 0 Å². The lowest BCUT2D eigenvalue weighted by Gasteiger charge is -2.24. The maximum Gasteiger partial charge on any atom is 0.317 e. The predicted octanol–water partition coefficient (Wildman–Crippen LogP) is 0.635. The van der Waals surface area contributed by atoms with E-state index in [4.69, 9.17) is 4.74 Å². The van der Waals surface area contributed by atoms with Gasteiger partial charge in [-0.1, -0.05) is 0 Å². The lowest BCUT2D eigenvalue weighted by Crippen LogP contribution is -2.46. The molecular formula is C15H27N5O2. The largest absolute Gasteiger partial charge is 0.383 e. The van der Waals surface area contributed by atoms with Crippen LogP contribution < -0.4 is 5.32 Å². The number of ether oxygens (including phenoxy) is 1. The third-order valence-electron chi connectivity index (χ3n) is 3.90. The van der Waals surface area contributed by atoms with E-state index in [9.17, 15) is 4.79 Å². The van der Waals surface area contributed by atoms with Crippen molar-refractivity contribution in [2.45, 2.75) is 25.9 Å². The van der Waals surface area contributed by atoms with E-state index in [-0.39, 0.29) is 12.1 Å². The number of rotatable bonds is 6. The molecule has 0 bridgehead atoms. The third kappa shape index (κ3) is 5.31. The number of urea groups is 1. The zero-order valence-corrected chi connectivity index (χ0v) is 13.6. The van der Waals surface area contributed by atoms with Gasteiger partial charge in [0.25, 0.3) is 0 Å². The van der Waals surface area contributed by atoms with Gasteiger partial charge in [0.05, 0.1) is 12.9 Å². The molecule has 7 nitrogen and oxygen atoms in total. The number of hydrogen-bond donors (Lipinski definition) is 1. The van der Waals surface area contributed by atoms with Crippen LogP contribution >= 0.6 is 0 Å². The van der Waals surface area contributed by atoms with E-state index in [2.05, 4.69) is 15.2 Å². The van der Waals surface area contributed by atoms with Crippen molar-refractivity contribution in [2.24, 2.45) is 0 Å². The zero-order chi connectivity index (χ0) is 15.8. The molecule has 1 aromatic rings. The standard InChI is InChI=1S/C15H27N5O2/c1-14(12-19-7-4-16-13-19)17-15(21)20-6-3-5-18(8-9-20)10-11-22-2/h4,7,13-14H,3,5-6,8-12H2,1-2H3,(H,17,21)/t14-/m0/s1. The summed E-state index contributed by atoms with van der Waals surface area (Å²) in [6, 6.07) is 0.107. The Bertz CT molecular complexity index is 437. The molecule has 1 aliphatic rings. The summed E-state index contributed by atoms with van der Waals surface area (Å²) < 4.78 is 7.09. The van der Waals surface area contributed by atoms with Crippen LogP contribution in [0.1, 0.15) is 13.3 Å². The van der Waals surface area contributed by atoms with E-state index in [0.717, 1.165) is 52.3 Å². The van der Waals surface area contributed by atoms with E-state index < -0.39 is 0 Å². The Morgan fingerprint density at radius 1 is 1.36 bits per heavy atom. The van der Waals surface area contributed by atoms with Gasteiger partial charge in [0, 0.05) is 58.3 Å². The molecule has 1 fully saturated rings. The molecule has 1 aliphatic heterocycles. The molecule has 2 amide bonds. The Balaban J connectivity index is 1.74. The highest BCUT2D eigenvalue weighted by molar-refractivity contribution is 5.74.